The molecule has 2 heterocycles. The van der Waals surface area contributed by atoms with E-state index >= 15 is 0 Å². The Bertz CT molecular complexity index is 655. The number of hydrogen-bond acceptors (Lipinski definition) is 6. The molecule has 0 atom stereocenters. The fourth-order valence-corrected chi connectivity index (χ4v) is 2.75. The van der Waals surface area contributed by atoms with Crippen LogP contribution in [0, 0.1) is 0 Å². The Morgan fingerprint density at radius 3 is 2.72 bits per heavy atom. The molecule has 2 N–H and O–H groups in total. The fraction of sp³-hybridized carbons (Fsp3) is 0.625. The zero-order valence-corrected chi connectivity index (χ0v) is 18.4. The zero-order chi connectivity index (χ0) is 17.4. The number of guanidine groups is 1. The Balaban J connectivity index is 0.00000312. The maximum Gasteiger partial charge on any atom is 0.228 e. The second-order valence-corrected chi connectivity index (χ2v) is 6.85. The van der Waals surface area contributed by atoms with E-state index in [1.807, 2.05) is 27.0 Å². The lowest BCUT2D eigenvalue weighted by Gasteiger charge is -2.09. The van der Waals surface area contributed by atoms with Crippen molar-refractivity contribution in [3.8, 4) is 0 Å². The standard InChI is InChI=1S/C16H26N6OS.HI/c1-5-12-9-19-14(24-12)10-20-16(17-6-2)18-8-7-13-21-15(11(3)4)22-23-13;/h9,11H,5-8,10H2,1-4H3,(H2,17,18,20);1H. The first kappa shape index (κ1) is 21.8. The van der Waals surface area contributed by atoms with Gasteiger partial charge in [0.05, 0.1) is 6.54 Å². The summed E-state index contributed by atoms with van der Waals surface area (Å²) in [7, 11) is 0. The Kier molecular flexibility index (Phi) is 9.94. The molecule has 0 saturated heterocycles. The first-order chi connectivity index (χ1) is 11.6. The molecule has 2 aromatic rings. The number of aromatic nitrogens is 3. The van der Waals surface area contributed by atoms with Crippen LogP contribution in [0.4, 0.5) is 0 Å². The lowest BCUT2D eigenvalue weighted by Crippen LogP contribution is -2.38. The Labute approximate surface area is 170 Å². The molecule has 0 fully saturated rings. The summed E-state index contributed by atoms with van der Waals surface area (Å²) in [6.07, 6.45) is 3.61. The summed E-state index contributed by atoms with van der Waals surface area (Å²) in [5.74, 6) is 2.45. The van der Waals surface area contributed by atoms with Gasteiger partial charge in [0, 0.05) is 36.5 Å². The van der Waals surface area contributed by atoms with E-state index in [4.69, 9.17) is 4.52 Å². The first-order valence-corrected chi connectivity index (χ1v) is 9.22. The van der Waals surface area contributed by atoms with Gasteiger partial charge in [0.25, 0.3) is 0 Å². The highest BCUT2D eigenvalue weighted by molar-refractivity contribution is 14.0. The summed E-state index contributed by atoms with van der Waals surface area (Å²) in [5.41, 5.74) is 0. The molecule has 0 aliphatic carbocycles. The van der Waals surface area contributed by atoms with E-state index in [9.17, 15) is 0 Å². The number of halogens is 1. The van der Waals surface area contributed by atoms with E-state index in [1.54, 1.807) is 11.3 Å². The van der Waals surface area contributed by atoms with Gasteiger partial charge in [-0.25, -0.2) is 9.98 Å². The highest BCUT2D eigenvalue weighted by Crippen LogP contribution is 2.14. The molecule has 0 bridgehead atoms. The molecule has 0 aromatic carbocycles. The molecular formula is C16H27IN6OS. The van der Waals surface area contributed by atoms with Crippen LogP contribution in [0.1, 0.15) is 55.2 Å². The smallest absolute Gasteiger partial charge is 0.228 e. The van der Waals surface area contributed by atoms with Crippen molar-refractivity contribution in [1.29, 1.82) is 0 Å². The molecule has 2 aromatic heterocycles. The van der Waals surface area contributed by atoms with Crippen LogP contribution in [0.15, 0.2) is 15.7 Å². The Morgan fingerprint density at radius 2 is 2.12 bits per heavy atom. The lowest BCUT2D eigenvalue weighted by molar-refractivity contribution is 0.371. The van der Waals surface area contributed by atoms with Gasteiger partial charge in [0.15, 0.2) is 11.8 Å². The number of nitrogens with one attached hydrogen (secondary N) is 2. The van der Waals surface area contributed by atoms with Gasteiger partial charge in [0.2, 0.25) is 5.89 Å². The van der Waals surface area contributed by atoms with Crippen molar-refractivity contribution in [1.82, 2.24) is 25.8 Å². The van der Waals surface area contributed by atoms with Crippen molar-refractivity contribution in [2.75, 3.05) is 13.1 Å². The minimum absolute atomic E-state index is 0. The Morgan fingerprint density at radius 1 is 1.32 bits per heavy atom. The van der Waals surface area contributed by atoms with Gasteiger partial charge < -0.3 is 15.2 Å². The fourth-order valence-electron chi connectivity index (χ4n) is 1.96. The number of rotatable bonds is 8. The lowest BCUT2D eigenvalue weighted by atomic mass is 10.2. The second-order valence-electron chi connectivity index (χ2n) is 5.65. The summed E-state index contributed by atoms with van der Waals surface area (Å²) in [6.45, 7) is 10.3. The molecule has 140 valence electrons. The molecule has 0 amide bonds. The quantitative estimate of drug-likeness (QED) is 0.345. The zero-order valence-electron chi connectivity index (χ0n) is 15.2. The van der Waals surface area contributed by atoms with Crippen molar-refractivity contribution in [2.45, 2.75) is 53.0 Å². The predicted molar refractivity (Wildman–Crippen MR) is 112 cm³/mol. The van der Waals surface area contributed by atoms with Crippen LogP contribution in [0.3, 0.4) is 0 Å². The van der Waals surface area contributed by atoms with E-state index < -0.39 is 0 Å². The van der Waals surface area contributed by atoms with E-state index in [1.165, 1.54) is 4.88 Å². The maximum absolute atomic E-state index is 5.24. The van der Waals surface area contributed by atoms with E-state index in [0.29, 0.717) is 25.4 Å². The molecule has 0 radical (unpaired) electrons. The summed E-state index contributed by atoms with van der Waals surface area (Å²) >= 11 is 1.71. The molecule has 0 aliphatic heterocycles. The molecular weight excluding hydrogens is 451 g/mol. The minimum atomic E-state index is 0. The Hall–Kier alpha value is -1.23. The molecule has 7 nitrogen and oxygen atoms in total. The third-order valence-electron chi connectivity index (χ3n) is 3.30. The topological polar surface area (TPSA) is 88.2 Å². The van der Waals surface area contributed by atoms with E-state index in [0.717, 1.165) is 29.8 Å². The van der Waals surface area contributed by atoms with Crippen molar-refractivity contribution in [3.05, 3.63) is 27.8 Å². The van der Waals surface area contributed by atoms with Gasteiger partial charge in [-0.3, -0.25) is 0 Å². The van der Waals surface area contributed by atoms with Crippen molar-refractivity contribution in [3.63, 3.8) is 0 Å². The molecule has 0 saturated carbocycles. The largest absolute Gasteiger partial charge is 0.357 e. The van der Waals surface area contributed by atoms with Gasteiger partial charge in [-0.15, -0.1) is 35.3 Å². The maximum atomic E-state index is 5.24. The molecule has 0 aliphatic rings. The first-order valence-electron chi connectivity index (χ1n) is 8.40. The highest BCUT2D eigenvalue weighted by Gasteiger charge is 2.09. The van der Waals surface area contributed by atoms with Gasteiger partial charge in [-0.1, -0.05) is 25.9 Å². The van der Waals surface area contributed by atoms with Crippen LogP contribution in [0.25, 0.3) is 0 Å². The number of nitrogens with zero attached hydrogens (tertiary/aromatic N) is 4. The average molecular weight is 478 g/mol. The predicted octanol–water partition coefficient (Wildman–Crippen LogP) is 3.13. The van der Waals surface area contributed by atoms with Crippen LogP contribution in [-0.4, -0.2) is 34.2 Å². The SMILES string of the molecule is CCNC(=NCc1ncc(CC)s1)NCCc1nc(C(C)C)no1.I. The van der Waals surface area contributed by atoms with E-state index in [-0.39, 0.29) is 29.9 Å². The average Bonchev–Trinajstić information content (AvgIpc) is 3.21. The molecule has 0 spiro atoms. The van der Waals surface area contributed by atoms with Crippen LogP contribution in [0.5, 0.6) is 0 Å². The third kappa shape index (κ3) is 7.27. The third-order valence-corrected chi connectivity index (χ3v) is 4.42. The van der Waals surface area contributed by atoms with Crippen LogP contribution in [0.2, 0.25) is 0 Å². The molecule has 25 heavy (non-hydrogen) atoms. The summed E-state index contributed by atoms with van der Waals surface area (Å²) in [5, 5.41) is 11.5. The van der Waals surface area contributed by atoms with E-state index in [2.05, 4.69) is 37.7 Å². The van der Waals surface area contributed by atoms with Gasteiger partial charge >= 0.3 is 0 Å². The molecule has 9 heteroatoms. The summed E-state index contributed by atoms with van der Waals surface area (Å²) in [4.78, 5) is 14.6. The number of aliphatic imine (C=N–C) groups is 1. The molecule has 2 rings (SSSR count). The van der Waals surface area contributed by atoms with Gasteiger partial charge in [-0.05, 0) is 13.3 Å². The number of thiazole rings is 1. The summed E-state index contributed by atoms with van der Waals surface area (Å²) < 4.78 is 5.24. The van der Waals surface area contributed by atoms with Crippen molar-refractivity contribution >= 4 is 41.3 Å². The number of aryl methyl sites for hydroxylation is 1. The monoisotopic (exact) mass is 478 g/mol. The minimum Gasteiger partial charge on any atom is -0.357 e. The molecule has 0 unspecified atom stereocenters. The number of hydrogen-bond donors (Lipinski definition) is 2. The van der Waals surface area contributed by atoms with Crippen LogP contribution < -0.4 is 10.6 Å². The van der Waals surface area contributed by atoms with Crippen LogP contribution in [-0.2, 0) is 19.4 Å². The van der Waals surface area contributed by atoms with Crippen molar-refractivity contribution < 1.29 is 4.52 Å². The van der Waals surface area contributed by atoms with Crippen molar-refractivity contribution in [2.24, 2.45) is 4.99 Å². The van der Waals surface area contributed by atoms with Crippen LogP contribution >= 0.6 is 35.3 Å². The second kappa shape index (κ2) is 11.4. The normalized spacial score (nSPS) is 11.5. The summed E-state index contributed by atoms with van der Waals surface area (Å²) in [6, 6.07) is 0. The highest BCUT2D eigenvalue weighted by atomic mass is 127. The van der Waals surface area contributed by atoms with Gasteiger partial charge in [0.1, 0.15) is 5.01 Å². The van der Waals surface area contributed by atoms with Gasteiger partial charge in [-0.2, -0.15) is 4.98 Å².